The van der Waals surface area contributed by atoms with Gasteiger partial charge >= 0.3 is 0 Å². The Labute approximate surface area is 166 Å². The second-order valence-corrected chi connectivity index (χ2v) is 7.94. The van der Waals surface area contributed by atoms with Crippen LogP contribution in [0, 0.1) is 38.9 Å². The summed E-state index contributed by atoms with van der Waals surface area (Å²) in [6, 6.07) is 15.3. The molecule has 1 aromatic rings. The molecule has 1 spiro atoms. The highest BCUT2D eigenvalue weighted by Gasteiger charge is 3.00. The minimum atomic E-state index is -1.50. The highest BCUT2D eigenvalue weighted by Crippen LogP contribution is 2.89. The van der Waals surface area contributed by atoms with Crippen LogP contribution in [-0.4, -0.2) is 25.0 Å². The molecule has 1 aliphatic heterocycles. The third-order valence-corrected chi connectivity index (χ3v) is 7.19. The van der Waals surface area contributed by atoms with E-state index in [2.05, 4.69) is 41.4 Å². The first-order valence-corrected chi connectivity index (χ1v) is 10.1. The van der Waals surface area contributed by atoms with Gasteiger partial charge in [0, 0.05) is 18.6 Å². The maximum atomic E-state index is 10.4. The lowest BCUT2D eigenvalue weighted by atomic mass is 9.71. The van der Waals surface area contributed by atoms with Gasteiger partial charge in [-0.3, -0.25) is 0 Å². The average molecular weight is 378 g/mol. The number of rotatable bonds is 5. The van der Waals surface area contributed by atoms with Gasteiger partial charge in [0.1, 0.15) is 11.3 Å². The van der Waals surface area contributed by atoms with Gasteiger partial charge in [-0.1, -0.05) is 30.3 Å². The van der Waals surface area contributed by atoms with Crippen molar-refractivity contribution in [2.45, 2.75) is 51.4 Å². The van der Waals surface area contributed by atoms with Crippen LogP contribution >= 0.6 is 0 Å². The molecule has 28 heavy (non-hydrogen) atoms. The van der Waals surface area contributed by atoms with Crippen molar-refractivity contribution in [1.82, 2.24) is 0 Å². The van der Waals surface area contributed by atoms with Gasteiger partial charge in [0.2, 0.25) is 0 Å². The predicted octanol–water partition coefficient (Wildman–Crippen LogP) is 3.46. The standard InChI is InChI=1S/C22H26N4O2/c1-3-27-22(28-4-2)21(15-24)19(20(21,14-23)18(25)26-22)12-10-17(11-13-19)16-8-6-5-7-9-16/h5-9,17H,3-4,10-13H2,1-2H3,(H2,25,26)/t17?,19?,20-,21+/m1/s1. The van der Waals surface area contributed by atoms with E-state index in [1.54, 1.807) is 0 Å². The topological polar surface area (TPSA) is 104 Å². The maximum Gasteiger partial charge on any atom is 0.293 e. The van der Waals surface area contributed by atoms with Crippen LogP contribution in [0.15, 0.2) is 35.3 Å². The van der Waals surface area contributed by atoms with E-state index < -0.39 is 22.2 Å². The Hall–Kier alpha value is -2.41. The Balaban J connectivity index is 1.74. The summed E-state index contributed by atoms with van der Waals surface area (Å²) in [6.45, 7) is 4.32. The minimum absolute atomic E-state index is 0.191. The number of ether oxygens (including phenoxy) is 2. The summed E-state index contributed by atoms with van der Waals surface area (Å²) in [4.78, 5) is 4.45. The van der Waals surface area contributed by atoms with Gasteiger partial charge in [-0.15, -0.1) is 0 Å². The van der Waals surface area contributed by atoms with Gasteiger partial charge in [-0.2, -0.15) is 10.5 Å². The lowest BCUT2D eigenvalue weighted by Gasteiger charge is -2.38. The Morgan fingerprint density at radius 3 is 2.18 bits per heavy atom. The van der Waals surface area contributed by atoms with E-state index in [1.807, 2.05) is 19.9 Å². The number of fused-ring (bicyclic) bond motifs is 3. The van der Waals surface area contributed by atoms with Crippen LogP contribution in [0.1, 0.15) is 51.0 Å². The van der Waals surface area contributed by atoms with Crippen molar-refractivity contribution in [3.05, 3.63) is 35.9 Å². The quantitative estimate of drug-likeness (QED) is 0.790. The summed E-state index contributed by atoms with van der Waals surface area (Å²) in [6.07, 6.45) is 3.26. The summed E-state index contributed by atoms with van der Waals surface area (Å²) in [5, 5.41) is 20.6. The zero-order chi connectivity index (χ0) is 20.0. The minimum Gasteiger partial charge on any atom is -0.386 e. The lowest BCUT2D eigenvalue weighted by Crippen LogP contribution is -2.46. The Bertz CT molecular complexity index is 870. The molecular formula is C22H26N4O2. The van der Waals surface area contributed by atoms with Gasteiger partial charge in [0.25, 0.3) is 5.91 Å². The Morgan fingerprint density at radius 1 is 1.07 bits per heavy atom. The maximum absolute atomic E-state index is 10.4. The van der Waals surface area contributed by atoms with E-state index in [0.29, 0.717) is 19.1 Å². The number of nitrogens with two attached hydrogens (primary N) is 1. The predicted molar refractivity (Wildman–Crippen MR) is 104 cm³/mol. The first-order valence-electron chi connectivity index (χ1n) is 10.1. The molecule has 146 valence electrons. The summed E-state index contributed by atoms with van der Waals surface area (Å²) >= 11 is 0. The van der Waals surface area contributed by atoms with Crippen molar-refractivity contribution in [3.63, 3.8) is 0 Å². The largest absolute Gasteiger partial charge is 0.386 e. The normalized spacial score (nSPS) is 37.6. The molecule has 6 heteroatoms. The van der Waals surface area contributed by atoms with Crippen LogP contribution in [0.25, 0.3) is 0 Å². The summed E-state index contributed by atoms with van der Waals surface area (Å²) < 4.78 is 11.9. The van der Waals surface area contributed by atoms with Gasteiger partial charge in [0.15, 0.2) is 5.41 Å². The molecule has 2 atom stereocenters. The number of hydrogen-bond acceptors (Lipinski definition) is 6. The monoisotopic (exact) mass is 378 g/mol. The molecule has 0 unspecified atom stereocenters. The van der Waals surface area contributed by atoms with Crippen LogP contribution < -0.4 is 5.73 Å². The van der Waals surface area contributed by atoms with Crippen molar-refractivity contribution < 1.29 is 9.47 Å². The number of hydrogen-bond donors (Lipinski definition) is 1. The zero-order valence-corrected chi connectivity index (χ0v) is 16.4. The molecular weight excluding hydrogens is 352 g/mol. The van der Waals surface area contributed by atoms with Crippen molar-refractivity contribution in [2.75, 3.05) is 13.2 Å². The molecule has 1 aromatic carbocycles. The molecule has 2 fully saturated rings. The van der Waals surface area contributed by atoms with Gasteiger partial charge < -0.3 is 15.2 Å². The molecule has 0 aromatic heterocycles. The summed E-state index contributed by atoms with van der Waals surface area (Å²) in [5.74, 6) is -0.882. The molecule has 0 bridgehead atoms. The fraction of sp³-hybridized carbons (Fsp3) is 0.591. The number of amidine groups is 1. The van der Waals surface area contributed by atoms with Crippen LogP contribution in [0.3, 0.4) is 0 Å². The smallest absolute Gasteiger partial charge is 0.293 e. The molecule has 3 aliphatic rings. The number of nitriles is 2. The summed E-state index contributed by atoms with van der Waals surface area (Å²) in [5.41, 5.74) is 4.73. The molecule has 0 amide bonds. The van der Waals surface area contributed by atoms with Crippen molar-refractivity contribution >= 4 is 5.84 Å². The fourth-order valence-electron chi connectivity index (χ4n) is 6.14. The number of benzene rings is 1. The highest BCUT2D eigenvalue weighted by molar-refractivity contribution is 6.00. The number of nitrogens with zero attached hydrogens (tertiary/aromatic N) is 3. The fourth-order valence-corrected chi connectivity index (χ4v) is 6.14. The molecule has 2 aliphatic carbocycles. The van der Waals surface area contributed by atoms with E-state index in [-0.39, 0.29) is 5.84 Å². The van der Waals surface area contributed by atoms with Crippen LogP contribution in [0.5, 0.6) is 0 Å². The summed E-state index contributed by atoms with van der Waals surface area (Å²) in [7, 11) is 0. The Kier molecular flexibility index (Phi) is 4.26. The van der Waals surface area contributed by atoms with Gasteiger partial charge in [-0.05, 0) is 51.0 Å². The lowest BCUT2D eigenvalue weighted by molar-refractivity contribution is -0.262. The first kappa shape index (κ1) is 18.9. The van der Waals surface area contributed by atoms with Gasteiger partial charge in [0.05, 0.1) is 12.1 Å². The molecule has 0 radical (unpaired) electrons. The SMILES string of the molecule is CCOC1(OCC)N=C(N)[C@]2(C#N)C3(CCC(c4ccccc4)CC3)[C@]12C#N. The first-order chi connectivity index (χ1) is 13.5. The number of aliphatic imine (C=N–C) groups is 1. The van der Waals surface area contributed by atoms with E-state index >= 15 is 0 Å². The second kappa shape index (κ2) is 6.30. The molecule has 6 nitrogen and oxygen atoms in total. The van der Waals surface area contributed by atoms with E-state index in [4.69, 9.17) is 15.2 Å². The molecule has 1 heterocycles. The van der Waals surface area contributed by atoms with E-state index in [0.717, 1.165) is 25.7 Å². The average Bonchev–Trinajstić information content (AvgIpc) is 3.15. The van der Waals surface area contributed by atoms with Crippen molar-refractivity contribution in [1.29, 1.82) is 10.5 Å². The van der Waals surface area contributed by atoms with E-state index in [9.17, 15) is 10.5 Å². The molecule has 4 rings (SSSR count). The molecule has 0 saturated heterocycles. The Morgan fingerprint density at radius 2 is 1.68 bits per heavy atom. The van der Waals surface area contributed by atoms with Crippen LogP contribution in [-0.2, 0) is 9.47 Å². The van der Waals surface area contributed by atoms with Crippen molar-refractivity contribution in [2.24, 2.45) is 27.0 Å². The van der Waals surface area contributed by atoms with Crippen LogP contribution in [0.2, 0.25) is 0 Å². The third kappa shape index (κ3) is 1.85. The highest BCUT2D eigenvalue weighted by atomic mass is 16.7. The molecule has 2 saturated carbocycles. The van der Waals surface area contributed by atoms with E-state index in [1.165, 1.54) is 5.56 Å². The van der Waals surface area contributed by atoms with Crippen molar-refractivity contribution in [3.8, 4) is 12.1 Å². The second-order valence-electron chi connectivity index (χ2n) is 7.94. The van der Waals surface area contributed by atoms with Gasteiger partial charge in [-0.25, -0.2) is 4.99 Å². The third-order valence-electron chi connectivity index (χ3n) is 7.19. The molecule has 2 N–H and O–H groups in total. The van der Waals surface area contributed by atoms with Crippen LogP contribution in [0.4, 0.5) is 0 Å². The zero-order valence-electron chi connectivity index (χ0n) is 16.4.